The number of nitrogens with zero attached hydrogens (tertiary/aromatic N) is 6. The van der Waals surface area contributed by atoms with Crippen LogP contribution in [0.1, 0.15) is 5.56 Å². The van der Waals surface area contributed by atoms with Gasteiger partial charge < -0.3 is 15.1 Å². The molecule has 0 radical (unpaired) electrons. The quantitative estimate of drug-likeness (QED) is 0.730. The SMILES string of the molecule is O=C(NCc1ccc2nsnc2c1)N1CCN(c2ncn[nH]2)CC1. The minimum absolute atomic E-state index is 0.0521. The molecule has 3 aromatic rings. The Hall–Kier alpha value is -2.75. The summed E-state index contributed by atoms with van der Waals surface area (Å²) >= 11 is 1.20. The van der Waals surface area contributed by atoms with Crippen LogP contribution in [-0.4, -0.2) is 61.0 Å². The number of aromatic amines is 1. The molecule has 0 bridgehead atoms. The van der Waals surface area contributed by atoms with Crippen LogP contribution in [0.5, 0.6) is 0 Å². The van der Waals surface area contributed by atoms with E-state index in [1.54, 1.807) is 0 Å². The molecule has 0 aliphatic carbocycles. The van der Waals surface area contributed by atoms with Crippen LogP contribution in [-0.2, 0) is 6.54 Å². The van der Waals surface area contributed by atoms with Crippen LogP contribution in [0.3, 0.4) is 0 Å². The van der Waals surface area contributed by atoms with E-state index in [0.717, 1.165) is 35.6 Å². The van der Waals surface area contributed by atoms with Gasteiger partial charge in [0.2, 0.25) is 5.95 Å². The molecule has 1 fully saturated rings. The molecular weight excluding hydrogens is 328 g/mol. The number of H-pyrrole nitrogens is 1. The Morgan fingerprint density at radius 1 is 1.21 bits per heavy atom. The molecule has 1 aromatic carbocycles. The highest BCUT2D eigenvalue weighted by Crippen LogP contribution is 2.14. The van der Waals surface area contributed by atoms with E-state index in [4.69, 9.17) is 0 Å². The minimum atomic E-state index is -0.0521. The normalized spacial score (nSPS) is 15.0. The fourth-order valence-corrected chi connectivity index (χ4v) is 3.22. The average molecular weight is 344 g/mol. The molecule has 4 rings (SSSR count). The smallest absolute Gasteiger partial charge is 0.317 e. The highest BCUT2D eigenvalue weighted by atomic mass is 32.1. The molecule has 0 unspecified atom stereocenters. The van der Waals surface area contributed by atoms with Crippen LogP contribution < -0.4 is 10.2 Å². The lowest BCUT2D eigenvalue weighted by atomic mass is 10.2. The predicted octanol–water partition coefficient (Wildman–Crippen LogP) is 0.841. The molecule has 3 heterocycles. The van der Waals surface area contributed by atoms with Crippen LogP contribution in [0.2, 0.25) is 0 Å². The summed E-state index contributed by atoms with van der Waals surface area (Å²) in [5, 5.41) is 9.66. The summed E-state index contributed by atoms with van der Waals surface area (Å²) in [6, 6.07) is 5.80. The molecule has 2 aromatic heterocycles. The number of benzene rings is 1. The van der Waals surface area contributed by atoms with E-state index in [2.05, 4.69) is 34.1 Å². The first-order valence-corrected chi connectivity index (χ1v) is 8.37. The lowest BCUT2D eigenvalue weighted by Crippen LogP contribution is -2.52. The first kappa shape index (κ1) is 14.8. The largest absolute Gasteiger partial charge is 0.338 e. The number of aromatic nitrogens is 5. The van der Waals surface area contributed by atoms with Crippen LogP contribution >= 0.6 is 11.7 Å². The van der Waals surface area contributed by atoms with E-state index in [-0.39, 0.29) is 6.03 Å². The monoisotopic (exact) mass is 344 g/mol. The summed E-state index contributed by atoms with van der Waals surface area (Å²) in [6.45, 7) is 3.26. The minimum Gasteiger partial charge on any atom is -0.338 e. The van der Waals surface area contributed by atoms with Gasteiger partial charge in [0, 0.05) is 32.7 Å². The molecule has 0 spiro atoms. The number of urea groups is 1. The van der Waals surface area contributed by atoms with Gasteiger partial charge in [-0.3, -0.25) is 0 Å². The second-order valence-electron chi connectivity index (χ2n) is 5.53. The van der Waals surface area contributed by atoms with E-state index >= 15 is 0 Å². The molecular formula is C14H16N8OS. The maximum atomic E-state index is 12.3. The molecule has 0 saturated carbocycles. The number of rotatable bonds is 3. The van der Waals surface area contributed by atoms with Crippen molar-refractivity contribution < 1.29 is 4.79 Å². The Bertz CT molecular complexity index is 824. The van der Waals surface area contributed by atoms with E-state index in [9.17, 15) is 4.79 Å². The van der Waals surface area contributed by atoms with Gasteiger partial charge in [-0.1, -0.05) is 6.07 Å². The second kappa shape index (κ2) is 6.40. The van der Waals surface area contributed by atoms with Crippen molar-refractivity contribution in [1.29, 1.82) is 0 Å². The highest BCUT2D eigenvalue weighted by molar-refractivity contribution is 7.00. The third-order valence-electron chi connectivity index (χ3n) is 4.03. The number of piperazine rings is 1. The Kier molecular flexibility index (Phi) is 3.95. The molecule has 2 N–H and O–H groups in total. The van der Waals surface area contributed by atoms with Crippen molar-refractivity contribution in [1.82, 2.24) is 34.1 Å². The summed E-state index contributed by atoms with van der Waals surface area (Å²) in [5.41, 5.74) is 2.77. The lowest BCUT2D eigenvalue weighted by molar-refractivity contribution is 0.193. The standard InChI is InChI=1S/C14H16N8OS/c23-14(15-8-10-1-2-11-12(7-10)20-24-19-11)22-5-3-21(4-6-22)13-16-9-17-18-13/h1-2,7,9H,3-6,8H2,(H,15,23)(H,16,17,18). The van der Waals surface area contributed by atoms with Gasteiger partial charge in [0.25, 0.3) is 0 Å². The fraction of sp³-hybridized carbons (Fsp3) is 0.357. The van der Waals surface area contributed by atoms with Crippen LogP contribution in [0, 0.1) is 0 Å². The maximum absolute atomic E-state index is 12.3. The summed E-state index contributed by atoms with van der Waals surface area (Å²) in [5.74, 6) is 0.750. The number of amides is 2. The number of fused-ring (bicyclic) bond motifs is 1. The van der Waals surface area contributed by atoms with Crippen molar-refractivity contribution in [3.05, 3.63) is 30.1 Å². The van der Waals surface area contributed by atoms with Gasteiger partial charge in [-0.05, 0) is 17.7 Å². The van der Waals surface area contributed by atoms with Crippen LogP contribution in [0.25, 0.3) is 11.0 Å². The van der Waals surface area contributed by atoms with Crippen molar-refractivity contribution >= 4 is 34.7 Å². The zero-order valence-corrected chi connectivity index (χ0v) is 13.7. The van der Waals surface area contributed by atoms with Gasteiger partial charge in [0.1, 0.15) is 17.4 Å². The molecule has 0 atom stereocenters. The topological polar surface area (TPSA) is 103 Å². The second-order valence-corrected chi connectivity index (χ2v) is 6.06. The van der Waals surface area contributed by atoms with E-state index in [1.807, 2.05) is 23.1 Å². The average Bonchev–Trinajstić information content (AvgIpc) is 3.31. The first-order valence-electron chi connectivity index (χ1n) is 7.64. The maximum Gasteiger partial charge on any atom is 0.317 e. The Labute approximate surface area is 142 Å². The number of carbonyl (C=O) groups is 1. The van der Waals surface area contributed by atoms with Crippen LogP contribution in [0.15, 0.2) is 24.5 Å². The fourth-order valence-electron chi connectivity index (χ4n) is 2.70. The number of nitrogens with one attached hydrogen (secondary N) is 2. The molecule has 1 aliphatic heterocycles. The molecule has 124 valence electrons. The zero-order chi connectivity index (χ0) is 16.4. The van der Waals surface area contributed by atoms with Gasteiger partial charge in [0.15, 0.2) is 0 Å². The van der Waals surface area contributed by atoms with Gasteiger partial charge in [-0.25, -0.2) is 9.89 Å². The molecule has 1 aliphatic rings. The van der Waals surface area contributed by atoms with E-state index in [1.165, 1.54) is 18.1 Å². The van der Waals surface area contributed by atoms with Crippen LogP contribution in [0.4, 0.5) is 10.7 Å². The third kappa shape index (κ3) is 3.00. The zero-order valence-electron chi connectivity index (χ0n) is 12.8. The van der Waals surface area contributed by atoms with Gasteiger partial charge in [0.05, 0.1) is 11.7 Å². The summed E-state index contributed by atoms with van der Waals surface area (Å²) in [6.07, 6.45) is 1.49. The Morgan fingerprint density at radius 2 is 2.04 bits per heavy atom. The predicted molar refractivity (Wildman–Crippen MR) is 89.8 cm³/mol. The Balaban J connectivity index is 1.30. The van der Waals surface area contributed by atoms with Crippen molar-refractivity contribution in [3.8, 4) is 0 Å². The Morgan fingerprint density at radius 3 is 2.83 bits per heavy atom. The number of hydrogen-bond acceptors (Lipinski definition) is 7. The molecule has 24 heavy (non-hydrogen) atoms. The van der Waals surface area contributed by atoms with Gasteiger partial charge in [-0.2, -0.15) is 18.8 Å². The summed E-state index contributed by atoms with van der Waals surface area (Å²) in [7, 11) is 0. The number of hydrogen-bond donors (Lipinski definition) is 2. The lowest BCUT2D eigenvalue weighted by Gasteiger charge is -2.34. The van der Waals surface area contributed by atoms with E-state index < -0.39 is 0 Å². The first-order chi connectivity index (χ1) is 11.8. The van der Waals surface area contributed by atoms with Crippen molar-refractivity contribution in [2.24, 2.45) is 0 Å². The van der Waals surface area contributed by atoms with Crippen molar-refractivity contribution in [2.75, 3.05) is 31.1 Å². The summed E-state index contributed by atoms with van der Waals surface area (Å²) < 4.78 is 8.39. The van der Waals surface area contributed by atoms with E-state index in [0.29, 0.717) is 19.6 Å². The third-order valence-corrected chi connectivity index (χ3v) is 4.59. The molecule has 9 nitrogen and oxygen atoms in total. The number of anilines is 1. The molecule has 2 amide bonds. The van der Waals surface area contributed by atoms with Gasteiger partial charge >= 0.3 is 6.03 Å². The van der Waals surface area contributed by atoms with Crippen molar-refractivity contribution in [2.45, 2.75) is 6.54 Å². The van der Waals surface area contributed by atoms with Crippen molar-refractivity contribution in [3.63, 3.8) is 0 Å². The summed E-state index contributed by atoms with van der Waals surface area (Å²) in [4.78, 5) is 20.3. The van der Waals surface area contributed by atoms with Gasteiger partial charge in [-0.15, -0.1) is 0 Å². The number of carbonyl (C=O) groups excluding carboxylic acids is 1. The highest BCUT2D eigenvalue weighted by Gasteiger charge is 2.22. The molecule has 1 saturated heterocycles. The molecule has 10 heteroatoms.